The molecular weight excluding hydrogens is 373 g/mol. The molecule has 0 aliphatic heterocycles. The highest BCUT2D eigenvalue weighted by Crippen LogP contribution is 2.31. The van der Waals surface area contributed by atoms with Crippen LogP contribution >= 0.6 is 11.6 Å². The minimum Gasteiger partial charge on any atom is -0.345 e. The number of carbonyl (C=O) groups excluding carboxylic acids is 1. The molecule has 0 atom stereocenters. The van der Waals surface area contributed by atoms with Crippen LogP contribution in [0, 0.1) is 0 Å². The van der Waals surface area contributed by atoms with Crippen molar-refractivity contribution in [3.8, 4) is 0 Å². The molecule has 0 saturated carbocycles. The predicted octanol–water partition coefficient (Wildman–Crippen LogP) is 3.02. The topological polar surface area (TPSA) is 67.8 Å². The number of alkyl halides is 3. The summed E-state index contributed by atoms with van der Waals surface area (Å²) in [5.41, 5.74) is -1.85. The van der Waals surface area contributed by atoms with E-state index >= 15 is 0 Å². The van der Waals surface area contributed by atoms with Crippen LogP contribution in [-0.2, 0) is 12.7 Å². The van der Waals surface area contributed by atoms with Crippen molar-refractivity contribution < 1.29 is 18.0 Å². The average Bonchev–Trinajstić information content (AvgIpc) is 2.51. The summed E-state index contributed by atoms with van der Waals surface area (Å²) in [6.07, 6.45) is -1.84. The Morgan fingerprint density at radius 1 is 1.24 bits per heavy atom. The van der Waals surface area contributed by atoms with Gasteiger partial charge in [-0.2, -0.15) is 13.2 Å². The average molecular weight is 389 g/mol. The number of pyridine rings is 1. The van der Waals surface area contributed by atoms with E-state index in [1.54, 1.807) is 6.07 Å². The lowest BCUT2D eigenvalue weighted by molar-refractivity contribution is -0.141. The van der Waals surface area contributed by atoms with E-state index in [1.165, 1.54) is 18.5 Å². The number of rotatable bonds is 4. The molecule has 0 spiro atoms. The fourth-order valence-corrected chi connectivity index (χ4v) is 4.32. The van der Waals surface area contributed by atoms with Crippen LogP contribution in [0.4, 0.5) is 13.2 Å². The fraction of sp³-hybridized carbons (Fsp3) is 0.333. The Labute approximate surface area is 148 Å². The maximum atomic E-state index is 13.3. The standard InChI is InChI=1S/C15H16ClF3N4OSi/c1-25(2,3)10-7-9(12(15(17,18)19)23-13(10)16)14(24)22-8-11-20-5-4-6-21-11/h4-7H,8H2,1-3H3,(H,22,24). The summed E-state index contributed by atoms with van der Waals surface area (Å²) in [5, 5.41) is 2.67. The largest absolute Gasteiger partial charge is 0.434 e. The predicted molar refractivity (Wildman–Crippen MR) is 90.4 cm³/mol. The van der Waals surface area contributed by atoms with Crippen molar-refractivity contribution in [1.29, 1.82) is 0 Å². The maximum Gasteiger partial charge on any atom is 0.434 e. The van der Waals surface area contributed by atoms with Crippen molar-refractivity contribution in [3.63, 3.8) is 0 Å². The molecule has 5 nitrogen and oxygen atoms in total. The van der Waals surface area contributed by atoms with Gasteiger partial charge in [-0.1, -0.05) is 31.2 Å². The molecule has 10 heteroatoms. The highest BCUT2D eigenvalue weighted by molar-refractivity contribution is 6.90. The van der Waals surface area contributed by atoms with Gasteiger partial charge in [0.05, 0.1) is 20.2 Å². The number of halogens is 4. The number of nitrogens with one attached hydrogen (secondary N) is 1. The number of nitrogens with zero attached hydrogens (tertiary/aromatic N) is 3. The molecule has 2 heterocycles. The third-order valence-corrected chi connectivity index (χ3v) is 5.77. The summed E-state index contributed by atoms with van der Waals surface area (Å²) >= 11 is 5.94. The van der Waals surface area contributed by atoms with Crippen LogP contribution in [-0.4, -0.2) is 28.9 Å². The van der Waals surface area contributed by atoms with E-state index in [0.29, 0.717) is 5.19 Å². The number of carbonyl (C=O) groups is 1. The van der Waals surface area contributed by atoms with E-state index in [9.17, 15) is 18.0 Å². The first-order valence-electron chi connectivity index (χ1n) is 7.32. The molecule has 0 aromatic carbocycles. The molecule has 25 heavy (non-hydrogen) atoms. The van der Waals surface area contributed by atoms with Gasteiger partial charge in [-0.3, -0.25) is 4.79 Å². The maximum absolute atomic E-state index is 13.3. The zero-order chi connectivity index (χ0) is 18.8. The van der Waals surface area contributed by atoms with Gasteiger partial charge < -0.3 is 5.32 Å². The zero-order valence-corrected chi connectivity index (χ0v) is 15.5. The second-order valence-corrected chi connectivity index (χ2v) is 11.7. The second-order valence-electron chi connectivity index (χ2n) is 6.32. The number of hydrogen-bond acceptors (Lipinski definition) is 4. The summed E-state index contributed by atoms with van der Waals surface area (Å²) in [7, 11) is -2.09. The van der Waals surface area contributed by atoms with Gasteiger partial charge in [-0.25, -0.2) is 15.0 Å². The lowest BCUT2D eigenvalue weighted by Crippen LogP contribution is -2.41. The summed E-state index contributed by atoms with van der Waals surface area (Å²) < 4.78 is 39.8. The Morgan fingerprint density at radius 3 is 2.36 bits per heavy atom. The zero-order valence-electron chi connectivity index (χ0n) is 13.8. The Balaban J connectivity index is 2.41. The van der Waals surface area contributed by atoms with Crippen LogP contribution in [0.5, 0.6) is 0 Å². The quantitative estimate of drug-likeness (QED) is 0.645. The van der Waals surface area contributed by atoms with Crippen LogP contribution in [0.15, 0.2) is 24.5 Å². The first-order chi connectivity index (χ1) is 11.5. The number of aromatic nitrogens is 3. The third kappa shape index (κ3) is 4.76. The summed E-state index contributed by atoms with van der Waals surface area (Å²) in [6, 6.07) is 2.79. The van der Waals surface area contributed by atoms with Crippen LogP contribution < -0.4 is 10.5 Å². The molecule has 2 rings (SSSR count). The molecule has 0 saturated heterocycles. The van der Waals surface area contributed by atoms with E-state index in [0.717, 1.165) is 0 Å². The first kappa shape index (κ1) is 19.3. The normalized spacial score (nSPS) is 12.1. The molecule has 0 aliphatic rings. The molecule has 0 fully saturated rings. The molecule has 1 N–H and O–H groups in total. The smallest absolute Gasteiger partial charge is 0.345 e. The van der Waals surface area contributed by atoms with E-state index in [-0.39, 0.29) is 17.5 Å². The molecule has 0 radical (unpaired) electrons. The molecule has 0 unspecified atom stereocenters. The van der Waals surface area contributed by atoms with E-state index in [1.807, 2.05) is 19.6 Å². The highest BCUT2D eigenvalue weighted by Gasteiger charge is 2.39. The molecular formula is C15H16ClF3N4OSi. The van der Waals surface area contributed by atoms with E-state index in [4.69, 9.17) is 11.6 Å². The number of hydrogen-bond donors (Lipinski definition) is 1. The second kappa shape index (κ2) is 7.09. The third-order valence-electron chi connectivity index (χ3n) is 3.32. The van der Waals surface area contributed by atoms with Gasteiger partial charge in [0.15, 0.2) is 5.69 Å². The molecule has 0 aliphatic carbocycles. The van der Waals surface area contributed by atoms with Crippen LogP contribution in [0.2, 0.25) is 24.8 Å². The molecule has 2 aromatic rings. The summed E-state index contributed by atoms with van der Waals surface area (Å²) in [4.78, 5) is 23.6. The van der Waals surface area contributed by atoms with Gasteiger partial charge in [-0.15, -0.1) is 0 Å². The van der Waals surface area contributed by atoms with Gasteiger partial charge in [0.2, 0.25) is 0 Å². The van der Waals surface area contributed by atoms with Gasteiger partial charge in [-0.05, 0) is 17.3 Å². The Bertz CT molecular complexity index is 779. The monoisotopic (exact) mass is 388 g/mol. The summed E-state index contributed by atoms with van der Waals surface area (Å²) in [5.74, 6) is -0.611. The van der Waals surface area contributed by atoms with Crippen molar-refractivity contribution in [2.45, 2.75) is 32.4 Å². The molecule has 1 amide bonds. The van der Waals surface area contributed by atoms with Crippen molar-refractivity contribution in [2.75, 3.05) is 0 Å². The van der Waals surface area contributed by atoms with Gasteiger partial charge >= 0.3 is 6.18 Å². The van der Waals surface area contributed by atoms with Crippen LogP contribution in [0.3, 0.4) is 0 Å². The lowest BCUT2D eigenvalue weighted by Gasteiger charge is -2.21. The fourth-order valence-electron chi connectivity index (χ4n) is 2.08. The van der Waals surface area contributed by atoms with Crippen molar-refractivity contribution in [1.82, 2.24) is 20.3 Å². The van der Waals surface area contributed by atoms with Gasteiger partial charge in [0, 0.05) is 12.4 Å². The molecule has 2 aromatic heterocycles. The van der Waals surface area contributed by atoms with Crippen LogP contribution in [0.25, 0.3) is 0 Å². The van der Waals surface area contributed by atoms with Crippen LogP contribution in [0.1, 0.15) is 21.9 Å². The van der Waals surface area contributed by atoms with E-state index in [2.05, 4.69) is 20.3 Å². The summed E-state index contributed by atoms with van der Waals surface area (Å²) in [6.45, 7) is 5.62. The highest BCUT2D eigenvalue weighted by atomic mass is 35.5. The minimum atomic E-state index is -4.79. The Morgan fingerprint density at radius 2 is 1.84 bits per heavy atom. The lowest BCUT2D eigenvalue weighted by atomic mass is 10.1. The Kier molecular flexibility index (Phi) is 5.48. The SMILES string of the molecule is C[Si](C)(C)c1cc(C(=O)NCc2ncccn2)c(C(F)(F)F)nc1Cl. The first-order valence-corrected chi connectivity index (χ1v) is 11.2. The van der Waals surface area contributed by atoms with Crippen molar-refractivity contribution in [2.24, 2.45) is 0 Å². The number of amides is 1. The molecule has 0 bridgehead atoms. The van der Waals surface area contributed by atoms with Crippen molar-refractivity contribution in [3.05, 3.63) is 46.8 Å². The minimum absolute atomic E-state index is 0.0954. The van der Waals surface area contributed by atoms with Crippen molar-refractivity contribution >= 4 is 30.8 Å². The van der Waals surface area contributed by atoms with Gasteiger partial charge in [0.25, 0.3) is 5.91 Å². The van der Waals surface area contributed by atoms with Gasteiger partial charge in [0.1, 0.15) is 11.0 Å². The van der Waals surface area contributed by atoms with E-state index < -0.39 is 31.4 Å². The molecule has 134 valence electrons. The Hall–Kier alpha value is -2.00.